The minimum Gasteiger partial charge on any atom is -0.369 e. The van der Waals surface area contributed by atoms with Crippen molar-refractivity contribution in [2.45, 2.75) is 32.0 Å². The number of carbonyl (C=O) groups is 3. The van der Waals surface area contributed by atoms with Gasteiger partial charge in [0.15, 0.2) is 6.23 Å². The molecule has 0 bridgehead atoms. The SMILES string of the molecule is Cc1ccc2c(c1)C(=O)N([C@H]1CCC(=O)NC1=O)C2O. The summed E-state index contributed by atoms with van der Waals surface area (Å²) in [5.41, 5.74) is 1.84. The number of aryl methyl sites for hydroxylation is 1. The number of hydrogen-bond donors (Lipinski definition) is 2. The summed E-state index contributed by atoms with van der Waals surface area (Å²) in [7, 11) is 0. The van der Waals surface area contributed by atoms with Crippen LogP contribution in [0.2, 0.25) is 0 Å². The minimum absolute atomic E-state index is 0.169. The third-order valence-corrected chi connectivity index (χ3v) is 3.76. The summed E-state index contributed by atoms with van der Waals surface area (Å²) >= 11 is 0. The lowest BCUT2D eigenvalue weighted by atomic mass is 10.0. The quantitative estimate of drug-likeness (QED) is 0.719. The molecule has 104 valence electrons. The Kier molecular flexibility index (Phi) is 2.83. The maximum absolute atomic E-state index is 12.4. The van der Waals surface area contributed by atoms with E-state index in [4.69, 9.17) is 0 Å². The van der Waals surface area contributed by atoms with E-state index in [0.717, 1.165) is 10.5 Å². The molecule has 0 saturated carbocycles. The van der Waals surface area contributed by atoms with Gasteiger partial charge in [-0.1, -0.05) is 17.7 Å². The number of nitrogens with zero attached hydrogens (tertiary/aromatic N) is 1. The predicted molar refractivity (Wildman–Crippen MR) is 68.5 cm³/mol. The van der Waals surface area contributed by atoms with Crippen molar-refractivity contribution >= 4 is 17.7 Å². The lowest BCUT2D eigenvalue weighted by Gasteiger charge is -2.31. The maximum atomic E-state index is 12.4. The maximum Gasteiger partial charge on any atom is 0.257 e. The molecule has 0 radical (unpaired) electrons. The number of amides is 3. The summed E-state index contributed by atoms with van der Waals surface area (Å²) in [6, 6.07) is 4.40. The molecule has 0 aromatic heterocycles. The van der Waals surface area contributed by atoms with Crippen LogP contribution in [0.5, 0.6) is 0 Å². The molecule has 3 rings (SSSR count). The second-order valence-corrected chi connectivity index (χ2v) is 5.14. The summed E-state index contributed by atoms with van der Waals surface area (Å²) in [6.07, 6.45) is -0.732. The number of aliphatic hydroxyl groups excluding tert-OH is 1. The zero-order valence-corrected chi connectivity index (χ0v) is 10.9. The highest BCUT2D eigenvalue weighted by Crippen LogP contribution is 2.35. The van der Waals surface area contributed by atoms with Crippen LogP contribution in [0.1, 0.15) is 40.6 Å². The van der Waals surface area contributed by atoms with Crippen LogP contribution in [0.3, 0.4) is 0 Å². The van der Waals surface area contributed by atoms with Crippen LogP contribution in [0, 0.1) is 6.92 Å². The second kappa shape index (κ2) is 4.42. The lowest BCUT2D eigenvalue weighted by Crippen LogP contribution is -2.53. The van der Waals surface area contributed by atoms with Gasteiger partial charge in [0.25, 0.3) is 5.91 Å². The van der Waals surface area contributed by atoms with Crippen LogP contribution in [0.4, 0.5) is 0 Å². The van der Waals surface area contributed by atoms with Gasteiger partial charge >= 0.3 is 0 Å². The van der Waals surface area contributed by atoms with Crippen LogP contribution in [-0.4, -0.2) is 33.8 Å². The monoisotopic (exact) mass is 274 g/mol. The van der Waals surface area contributed by atoms with E-state index in [0.29, 0.717) is 11.1 Å². The number of rotatable bonds is 1. The van der Waals surface area contributed by atoms with Gasteiger partial charge in [-0.15, -0.1) is 0 Å². The Hall–Kier alpha value is -2.21. The summed E-state index contributed by atoms with van der Waals surface area (Å²) < 4.78 is 0. The zero-order chi connectivity index (χ0) is 14.4. The highest BCUT2D eigenvalue weighted by Gasteiger charge is 2.44. The van der Waals surface area contributed by atoms with E-state index in [2.05, 4.69) is 5.32 Å². The number of carbonyl (C=O) groups excluding carboxylic acids is 3. The molecule has 6 heteroatoms. The van der Waals surface area contributed by atoms with Crippen LogP contribution in [-0.2, 0) is 9.59 Å². The van der Waals surface area contributed by atoms with Gasteiger partial charge in [-0.2, -0.15) is 0 Å². The summed E-state index contributed by atoms with van der Waals surface area (Å²) in [5, 5.41) is 12.5. The number of fused-ring (bicyclic) bond motifs is 1. The molecule has 2 heterocycles. The van der Waals surface area contributed by atoms with Crippen LogP contribution in [0.25, 0.3) is 0 Å². The van der Waals surface area contributed by atoms with E-state index in [1.54, 1.807) is 12.1 Å². The standard InChI is InChI=1S/C14H14N2O4/c1-7-2-3-8-9(6-7)14(20)16(13(8)19)10-4-5-11(17)15-12(10)18/h2-3,6,10,13,19H,4-5H2,1H3,(H,15,17,18)/t10-,13?/m0/s1. The Balaban J connectivity index is 1.95. The molecule has 1 fully saturated rings. The fourth-order valence-electron chi connectivity index (χ4n) is 2.74. The Bertz CT molecular complexity index is 626. The molecule has 2 atom stereocenters. The first kappa shape index (κ1) is 12.8. The average molecular weight is 274 g/mol. The molecule has 0 spiro atoms. The highest BCUT2D eigenvalue weighted by molar-refractivity contribution is 6.05. The largest absolute Gasteiger partial charge is 0.369 e. The van der Waals surface area contributed by atoms with Crippen molar-refractivity contribution in [1.29, 1.82) is 0 Å². The second-order valence-electron chi connectivity index (χ2n) is 5.14. The van der Waals surface area contributed by atoms with Gasteiger partial charge in [-0.25, -0.2) is 0 Å². The summed E-state index contributed by atoms with van der Waals surface area (Å²) in [6.45, 7) is 1.86. The van der Waals surface area contributed by atoms with Gasteiger partial charge < -0.3 is 5.11 Å². The molecule has 2 aliphatic heterocycles. The summed E-state index contributed by atoms with van der Waals surface area (Å²) in [5.74, 6) is -1.25. The van der Waals surface area contributed by atoms with E-state index in [1.165, 1.54) is 0 Å². The number of benzene rings is 1. The van der Waals surface area contributed by atoms with Crippen molar-refractivity contribution in [2.75, 3.05) is 0 Å². The van der Waals surface area contributed by atoms with E-state index < -0.39 is 18.2 Å². The Labute approximate surface area is 115 Å². The molecular weight excluding hydrogens is 260 g/mol. The van der Waals surface area contributed by atoms with E-state index in [1.807, 2.05) is 13.0 Å². The molecule has 0 aliphatic carbocycles. The van der Waals surface area contributed by atoms with Gasteiger partial charge in [0.05, 0.1) is 0 Å². The predicted octanol–water partition coefficient (Wildman–Crippen LogP) is 0.247. The Morgan fingerprint density at radius 1 is 1.30 bits per heavy atom. The molecule has 1 saturated heterocycles. The number of aliphatic hydroxyl groups is 1. The molecule has 1 unspecified atom stereocenters. The first-order valence-corrected chi connectivity index (χ1v) is 6.44. The fourth-order valence-corrected chi connectivity index (χ4v) is 2.74. The summed E-state index contributed by atoms with van der Waals surface area (Å²) in [4.78, 5) is 36.6. The highest BCUT2D eigenvalue weighted by atomic mass is 16.3. The van der Waals surface area contributed by atoms with Crippen molar-refractivity contribution < 1.29 is 19.5 Å². The normalized spacial score (nSPS) is 25.7. The first-order valence-electron chi connectivity index (χ1n) is 6.44. The topological polar surface area (TPSA) is 86.7 Å². The van der Waals surface area contributed by atoms with Gasteiger partial charge in [0, 0.05) is 17.5 Å². The zero-order valence-electron chi connectivity index (χ0n) is 10.9. The smallest absolute Gasteiger partial charge is 0.257 e. The molecule has 1 aromatic rings. The van der Waals surface area contributed by atoms with Crippen molar-refractivity contribution in [1.82, 2.24) is 10.2 Å². The van der Waals surface area contributed by atoms with Gasteiger partial charge in [-0.3, -0.25) is 24.6 Å². The van der Waals surface area contributed by atoms with Crippen molar-refractivity contribution in [3.05, 3.63) is 34.9 Å². The fraction of sp³-hybridized carbons (Fsp3) is 0.357. The Morgan fingerprint density at radius 2 is 2.05 bits per heavy atom. The van der Waals surface area contributed by atoms with Crippen LogP contribution >= 0.6 is 0 Å². The third kappa shape index (κ3) is 1.80. The van der Waals surface area contributed by atoms with Crippen molar-refractivity contribution in [2.24, 2.45) is 0 Å². The lowest BCUT2D eigenvalue weighted by molar-refractivity contribution is -0.139. The average Bonchev–Trinajstić information content (AvgIpc) is 2.63. The van der Waals surface area contributed by atoms with Gasteiger partial charge in [-0.05, 0) is 19.4 Å². The molecule has 1 aromatic carbocycles. The molecule has 20 heavy (non-hydrogen) atoms. The number of piperidine rings is 1. The number of imide groups is 1. The van der Waals surface area contributed by atoms with E-state index >= 15 is 0 Å². The van der Waals surface area contributed by atoms with E-state index in [-0.39, 0.29) is 24.7 Å². The number of nitrogens with one attached hydrogen (secondary N) is 1. The minimum atomic E-state index is -1.14. The number of hydrogen-bond acceptors (Lipinski definition) is 4. The Morgan fingerprint density at radius 3 is 2.75 bits per heavy atom. The van der Waals surface area contributed by atoms with Gasteiger partial charge in [0.2, 0.25) is 11.8 Å². The first-order chi connectivity index (χ1) is 9.49. The molecule has 2 N–H and O–H groups in total. The van der Waals surface area contributed by atoms with Gasteiger partial charge in [0.1, 0.15) is 6.04 Å². The molecular formula is C14H14N2O4. The molecule has 2 aliphatic rings. The third-order valence-electron chi connectivity index (χ3n) is 3.76. The molecule has 3 amide bonds. The van der Waals surface area contributed by atoms with Crippen LogP contribution < -0.4 is 5.32 Å². The van der Waals surface area contributed by atoms with Crippen molar-refractivity contribution in [3.8, 4) is 0 Å². The van der Waals surface area contributed by atoms with Crippen LogP contribution in [0.15, 0.2) is 18.2 Å². The van der Waals surface area contributed by atoms with E-state index in [9.17, 15) is 19.5 Å². The van der Waals surface area contributed by atoms with Crippen molar-refractivity contribution in [3.63, 3.8) is 0 Å². The molecule has 6 nitrogen and oxygen atoms in total.